The topological polar surface area (TPSA) is 52.0 Å². The molecule has 0 aliphatic heterocycles. The molecule has 0 fully saturated rings. The van der Waals surface area contributed by atoms with E-state index >= 15 is 0 Å². The van der Waals surface area contributed by atoms with Gasteiger partial charge in [0.05, 0.1) is 6.17 Å². The highest BCUT2D eigenvalue weighted by atomic mass is 79.9. The van der Waals surface area contributed by atoms with Gasteiger partial charge in [-0.05, 0) is 19.3 Å². The molecule has 0 bridgehead atoms. The van der Waals surface area contributed by atoms with Gasteiger partial charge >= 0.3 is 0 Å². The van der Waals surface area contributed by atoms with Gasteiger partial charge in [0.1, 0.15) is 0 Å². The van der Waals surface area contributed by atoms with Crippen molar-refractivity contribution in [2.75, 3.05) is 5.33 Å². The molecule has 0 unspecified atom stereocenters. The molecule has 0 aliphatic carbocycles. The molecule has 3 heteroatoms. The first-order valence-corrected chi connectivity index (χ1v) is 3.96. The van der Waals surface area contributed by atoms with Gasteiger partial charge in [-0.15, -0.1) is 0 Å². The maximum absolute atomic E-state index is 5.30. The molecule has 2 nitrogen and oxygen atoms in total. The maximum atomic E-state index is 5.30. The Kier molecular flexibility index (Phi) is 5.81. The summed E-state index contributed by atoms with van der Waals surface area (Å²) in [5.74, 6) is 0. The van der Waals surface area contributed by atoms with Crippen molar-refractivity contribution in [2.24, 2.45) is 11.5 Å². The third-order valence-electron chi connectivity index (χ3n) is 0.921. The largest absolute Gasteiger partial charge is 0.316 e. The van der Waals surface area contributed by atoms with Crippen LogP contribution in [0.25, 0.3) is 0 Å². The number of unbranched alkanes of at least 4 members (excludes halogenated alkanes) is 1. The summed E-state index contributed by atoms with van der Waals surface area (Å²) in [6.07, 6.45) is 3.12. The van der Waals surface area contributed by atoms with Crippen molar-refractivity contribution in [1.82, 2.24) is 0 Å². The Bertz CT molecular complexity index is 47.7. The first kappa shape index (κ1) is 8.40. The van der Waals surface area contributed by atoms with Crippen LogP contribution in [0.3, 0.4) is 0 Å². The number of alkyl halides is 1. The van der Waals surface area contributed by atoms with Crippen LogP contribution in [-0.2, 0) is 0 Å². The minimum atomic E-state index is -0.117. The maximum Gasteiger partial charge on any atom is 0.0520 e. The Balaban J connectivity index is 2.72. The monoisotopic (exact) mass is 180 g/mol. The van der Waals surface area contributed by atoms with Crippen LogP contribution in [0.15, 0.2) is 0 Å². The van der Waals surface area contributed by atoms with E-state index in [1.165, 1.54) is 6.42 Å². The fourth-order valence-electron chi connectivity index (χ4n) is 0.475. The Morgan fingerprint density at radius 1 is 1.25 bits per heavy atom. The summed E-state index contributed by atoms with van der Waals surface area (Å²) < 4.78 is 0. The lowest BCUT2D eigenvalue weighted by atomic mass is 10.2. The van der Waals surface area contributed by atoms with Crippen molar-refractivity contribution in [3.63, 3.8) is 0 Å². The zero-order chi connectivity index (χ0) is 6.41. The lowest BCUT2D eigenvalue weighted by molar-refractivity contribution is 0.598. The van der Waals surface area contributed by atoms with Crippen LogP contribution in [0, 0.1) is 0 Å². The first-order valence-electron chi connectivity index (χ1n) is 2.84. The number of halogens is 1. The normalized spacial score (nSPS) is 10.5. The molecule has 0 amide bonds. The van der Waals surface area contributed by atoms with Crippen molar-refractivity contribution in [2.45, 2.75) is 25.4 Å². The molecule has 0 aromatic heterocycles. The van der Waals surface area contributed by atoms with Gasteiger partial charge in [-0.2, -0.15) is 0 Å². The molecule has 0 saturated carbocycles. The molecule has 0 heterocycles. The van der Waals surface area contributed by atoms with E-state index in [9.17, 15) is 0 Å². The van der Waals surface area contributed by atoms with Gasteiger partial charge < -0.3 is 11.5 Å². The van der Waals surface area contributed by atoms with Crippen LogP contribution in [-0.4, -0.2) is 11.5 Å². The van der Waals surface area contributed by atoms with Gasteiger partial charge in [0.15, 0.2) is 0 Å². The molecule has 0 aliphatic rings. The zero-order valence-corrected chi connectivity index (χ0v) is 6.52. The van der Waals surface area contributed by atoms with Crippen LogP contribution in [0.4, 0.5) is 0 Å². The van der Waals surface area contributed by atoms with Gasteiger partial charge in [0.25, 0.3) is 0 Å². The highest BCUT2D eigenvalue weighted by Gasteiger charge is 1.91. The summed E-state index contributed by atoms with van der Waals surface area (Å²) >= 11 is 3.32. The predicted octanol–water partition coefficient (Wildman–Crippen LogP) is 0.795. The van der Waals surface area contributed by atoms with Gasteiger partial charge in [-0.25, -0.2) is 0 Å². The zero-order valence-electron chi connectivity index (χ0n) is 4.94. The third-order valence-corrected chi connectivity index (χ3v) is 1.48. The number of nitrogens with two attached hydrogens (primary N) is 2. The summed E-state index contributed by atoms with van der Waals surface area (Å²) in [6.45, 7) is 0. The van der Waals surface area contributed by atoms with Crippen molar-refractivity contribution in [3.05, 3.63) is 0 Å². The van der Waals surface area contributed by atoms with E-state index in [1.54, 1.807) is 0 Å². The van der Waals surface area contributed by atoms with E-state index in [4.69, 9.17) is 11.5 Å². The Labute approximate surface area is 58.7 Å². The summed E-state index contributed by atoms with van der Waals surface area (Å²) in [7, 11) is 0. The van der Waals surface area contributed by atoms with E-state index in [1.807, 2.05) is 0 Å². The summed E-state index contributed by atoms with van der Waals surface area (Å²) in [5, 5.41) is 1.06. The average molecular weight is 181 g/mol. The van der Waals surface area contributed by atoms with Crippen LogP contribution < -0.4 is 11.5 Å². The lowest BCUT2D eigenvalue weighted by Gasteiger charge is -2.01. The fourth-order valence-corrected chi connectivity index (χ4v) is 0.871. The van der Waals surface area contributed by atoms with Crippen LogP contribution in [0.1, 0.15) is 19.3 Å². The number of hydrogen-bond acceptors (Lipinski definition) is 2. The average Bonchev–Trinajstić information content (AvgIpc) is 1.66. The van der Waals surface area contributed by atoms with Crippen LogP contribution in [0.2, 0.25) is 0 Å². The van der Waals surface area contributed by atoms with Gasteiger partial charge in [0.2, 0.25) is 0 Å². The highest BCUT2D eigenvalue weighted by Crippen LogP contribution is 1.97. The van der Waals surface area contributed by atoms with Crippen LogP contribution >= 0.6 is 15.9 Å². The molecule has 4 N–H and O–H groups in total. The Hall–Kier alpha value is 0.400. The molecule has 0 aromatic rings. The molecule has 0 radical (unpaired) electrons. The second kappa shape index (κ2) is 5.54. The van der Waals surface area contributed by atoms with Gasteiger partial charge in [-0.3, -0.25) is 0 Å². The molecule has 0 atom stereocenters. The van der Waals surface area contributed by atoms with E-state index < -0.39 is 0 Å². The SMILES string of the molecule is NC(N)CCCCBr. The quantitative estimate of drug-likeness (QED) is 0.382. The molecule has 50 valence electrons. The smallest absolute Gasteiger partial charge is 0.0520 e. The standard InChI is InChI=1S/C5H13BrN2/c6-4-2-1-3-5(7)8/h5H,1-4,7-8H2. The first-order chi connectivity index (χ1) is 3.77. The minimum absolute atomic E-state index is 0.117. The molecular formula is C5H13BrN2. The molecular weight excluding hydrogens is 168 g/mol. The van der Waals surface area contributed by atoms with Gasteiger partial charge in [-0.1, -0.05) is 15.9 Å². The fraction of sp³-hybridized carbons (Fsp3) is 1.00. The minimum Gasteiger partial charge on any atom is -0.316 e. The molecule has 8 heavy (non-hydrogen) atoms. The Morgan fingerprint density at radius 3 is 2.25 bits per heavy atom. The number of hydrogen-bond donors (Lipinski definition) is 2. The lowest BCUT2D eigenvalue weighted by Crippen LogP contribution is -2.29. The molecule has 0 aromatic carbocycles. The van der Waals surface area contributed by atoms with E-state index in [-0.39, 0.29) is 6.17 Å². The van der Waals surface area contributed by atoms with Crippen molar-refractivity contribution < 1.29 is 0 Å². The summed E-state index contributed by atoms with van der Waals surface area (Å²) in [4.78, 5) is 0. The van der Waals surface area contributed by atoms with Crippen LogP contribution in [0.5, 0.6) is 0 Å². The summed E-state index contributed by atoms with van der Waals surface area (Å²) in [5.41, 5.74) is 10.6. The highest BCUT2D eigenvalue weighted by molar-refractivity contribution is 9.09. The Morgan fingerprint density at radius 2 is 1.88 bits per heavy atom. The van der Waals surface area contributed by atoms with Crippen molar-refractivity contribution >= 4 is 15.9 Å². The molecule has 0 saturated heterocycles. The predicted molar refractivity (Wildman–Crippen MR) is 39.8 cm³/mol. The summed E-state index contributed by atoms with van der Waals surface area (Å²) in [6, 6.07) is 0. The molecule has 0 rings (SSSR count). The van der Waals surface area contributed by atoms with Crippen molar-refractivity contribution in [1.29, 1.82) is 0 Å². The third kappa shape index (κ3) is 6.40. The van der Waals surface area contributed by atoms with E-state index in [2.05, 4.69) is 15.9 Å². The second-order valence-electron chi connectivity index (χ2n) is 1.85. The van der Waals surface area contributed by atoms with Crippen molar-refractivity contribution in [3.8, 4) is 0 Å². The molecule has 0 spiro atoms. The van der Waals surface area contributed by atoms with Gasteiger partial charge in [0, 0.05) is 5.33 Å². The second-order valence-corrected chi connectivity index (χ2v) is 2.64. The van der Waals surface area contributed by atoms with E-state index in [0.29, 0.717) is 0 Å². The number of rotatable bonds is 4. The van der Waals surface area contributed by atoms with E-state index in [0.717, 1.165) is 18.2 Å².